The van der Waals surface area contributed by atoms with Crippen LogP contribution in [-0.2, 0) is 9.53 Å². The van der Waals surface area contributed by atoms with Gasteiger partial charge >= 0.3 is 5.97 Å². The monoisotopic (exact) mass is 402 g/mol. The molecule has 0 aliphatic carbocycles. The molecule has 3 aromatic rings. The van der Waals surface area contributed by atoms with Crippen molar-refractivity contribution in [2.24, 2.45) is 0 Å². The lowest BCUT2D eigenvalue weighted by Gasteiger charge is -2.21. The topological polar surface area (TPSA) is 70.4 Å². The third-order valence-corrected chi connectivity index (χ3v) is 4.57. The molecule has 30 heavy (non-hydrogen) atoms. The third-order valence-electron chi connectivity index (χ3n) is 4.57. The zero-order valence-electron chi connectivity index (χ0n) is 16.3. The molecule has 5 nitrogen and oxygen atoms in total. The van der Waals surface area contributed by atoms with E-state index in [9.17, 15) is 19.2 Å². The molecule has 1 amide bonds. The van der Waals surface area contributed by atoms with Gasteiger partial charge in [-0.1, -0.05) is 36.4 Å². The number of anilines is 1. The number of amides is 1. The van der Waals surface area contributed by atoms with Gasteiger partial charge in [-0.15, -0.1) is 0 Å². The molecule has 0 radical (unpaired) electrons. The van der Waals surface area contributed by atoms with Crippen LogP contribution in [0.1, 0.15) is 22.8 Å². The molecule has 3 aromatic carbocycles. The number of esters is 1. The van der Waals surface area contributed by atoms with Crippen molar-refractivity contribution in [1.29, 1.82) is 5.26 Å². The average molecular weight is 402 g/mol. The van der Waals surface area contributed by atoms with Crippen LogP contribution in [0.3, 0.4) is 0 Å². The second kappa shape index (κ2) is 9.48. The SMILES string of the molecule is CCN(C(=O)COC(=O)c1ccccc1-c1ccccc1C#N)c1ccc(F)cc1. The van der Waals surface area contributed by atoms with Gasteiger partial charge in [-0.25, -0.2) is 9.18 Å². The van der Waals surface area contributed by atoms with Crippen LogP contribution >= 0.6 is 0 Å². The summed E-state index contributed by atoms with van der Waals surface area (Å²) in [5.74, 6) is -1.49. The predicted molar refractivity (Wildman–Crippen MR) is 111 cm³/mol. The van der Waals surface area contributed by atoms with Crippen molar-refractivity contribution in [1.82, 2.24) is 0 Å². The van der Waals surface area contributed by atoms with E-state index in [-0.39, 0.29) is 5.56 Å². The molecule has 0 N–H and O–H groups in total. The summed E-state index contributed by atoms with van der Waals surface area (Å²) in [5.41, 5.74) is 2.38. The fourth-order valence-electron chi connectivity index (χ4n) is 3.12. The van der Waals surface area contributed by atoms with Crippen LogP contribution in [0.4, 0.5) is 10.1 Å². The number of carbonyl (C=O) groups excluding carboxylic acids is 2. The minimum atomic E-state index is -0.665. The highest BCUT2D eigenvalue weighted by Gasteiger charge is 2.20. The Bertz CT molecular complexity index is 1100. The summed E-state index contributed by atoms with van der Waals surface area (Å²) < 4.78 is 18.4. The fourth-order valence-corrected chi connectivity index (χ4v) is 3.12. The summed E-state index contributed by atoms with van der Waals surface area (Å²) >= 11 is 0. The number of rotatable bonds is 6. The first-order valence-electron chi connectivity index (χ1n) is 9.36. The second-order valence-corrected chi connectivity index (χ2v) is 6.39. The number of hydrogen-bond acceptors (Lipinski definition) is 4. The zero-order valence-corrected chi connectivity index (χ0v) is 16.3. The van der Waals surface area contributed by atoms with E-state index in [1.54, 1.807) is 55.5 Å². The van der Waals surface area contributed by atoms with Crippen LogP contribution < -0.4 is 4.90 Å². The highest BCUT2D eigenvalue weighted by atomic mass is 19.1. The highest BCUT2D eigenvalue weighted by Crippen LogP contribution is 2.27. The lowest BCUT2D eigenvalue weighted by Crippen LogP contribution is -2.34. The fraction of sp³-hybridized carbons (Fsp3) is 0.125. The minimum Gasteiger partial charge on any atom is -0.452 e. The van der Waals surface area contributed by atoms with Crippen molar-refractivity contribution >= 4 is 17.6 Å². The molecular weight excluding hydrogens is 383 g/mol. The van der Waals surface area contributed by atoms with Gasteiger partial charge in [0.2, 0.25) is 0 Å². The molecule has 0 unspecified atom stereocenters. The number of nitriles is 1. The van der Waals surface area contributed by atoms with E-state index in [4.69, 9.17) is 4.74 Å². The molecule has 0 fully saturated rings. The summed E-state index contributed by atoms with van der Waals surface area (Å²) in [6, 6.07) is 21.3. The molecule has 3 rings (SSSR count). The minimum absolute atomic E-state index is 0.262. The molecule has 150 valence electrons. The van der Waals surface area contributed by atoms with Gasteiger partial charge in [0.25, 0.3) is 5.91 Å². The quantitative estimate of drug-likeness (QED) is 0.566. The number of likely N-dealkylation sites (N-methyl/N-ethyl adjacent to an activating group) is 1. The second-order valence-electron chi connectivity index (χ2n) is 6.39. The summed E-state index contributed by atoms with van der Waals surface area (Å²) in [4.78, 5) is 26.7. The van der Waals surface area contributed by atoms with Crippen molar-refractivity contribution in [3.05, 3.63) is 89.7 Å². The van der Waals surface area contributed by atoms with Gasteiger partial charge in [0.05, 0.1) is 17.2 Å². The summed E-state index contributed by atoms with van der Waals surface area (Å²) in [7, 11) is 0. The molecule has 0 aliphatic rings. The van der Waals surface area contributed by atoms with Crippen LogP contribution in [0.25, 0.3) is 11.1 Å². The Hall–Kier alpha value is -3.98. The van der Waals surface area contributed by atoms with Crippen LogP contribution in [-0.4, -0.2) is 25.0 Å². The van der Waals surface area contributed by atoms with Crippen molar-refractivity contribution in [2.45, 2.75) is 6.92 Å². The number of ether oxygens (including phenoxy) is 1. The van der Waals surface area contributed by atoms with Crippen molar-refractivity contribution in [2.75, 3.05) is 18.1 Å². The largest absolute Gasteiger partial charge is 0.452 e. The molecule has 0 atom stereocenters. The Morgan fingerprint density at radius 3 is 2.27 bits per heavy atom. The van der Waals surface area contributed by atoms with Crippen LogP contribution in [0.15, 0.2) is 72.8 Å². The number of hydrogen-bond donors (Lipinski definition) is 0. The van der Waals surface area contributed by atoms with Gasteiger partial charge in [0.15, 0.2) is 6.61 Å². The molecule has 0 spiro atoms. The first-order valence-corrected chi connectivity index (χ1v) is 9.36. The van der Waals surface area contributed by atoms with Gasteiger partial charge < -0.3 is 9.64 Å². The maximum Gasteiger partial charge on any atom is 0.339 e. The molecule has 0 aromatic heterocycles. The Labute approximate surface area is 173 Å². The van der Waals surface area contributed by atoms with Gasteiger partial charge in [-0.2, -0.15) is 5.26 Å². The van der Waals surface area contributed by atoms with Crippen LogP contribution in [0.5, 0.6) is 0 Å². The molecule has 0 aliphatic heterocycles. The van der Waals surface area contributed by atoms with Gasteiger partial charge in [0, 0.05) is 17.8 Å². The standard InChI is InChI=1S/C24H19FN2O3/c1-2-27(19-13-11-18(25)12-14-19)23(28)16-30-24(29)22-10-6-5-9-21(22)20-8-4-3-7-17(20)15-26/h3-14H,2,16H2,1H3. The molecule has 0 saturated heterocycles. The Kier molecular flexibility index (Phi) is 6.56. The van der Waals surface area contributed by atoms with E-state index in [1.165, 1.54) is 29.2 Å². The molecule has 6 heteroatoms. The van der Waals surface area contributed by atoms with E-state index in [1.807, 2.05) is 0 Å². The normalized spacial score (nSPS) is 10.2. The van der Waals surface area contributed by atoms with Crippen LogP contribution in [0, 0.1) is 17.1 Å². The molecule has 0 heterocycles. The van der Waals surface area contributed by atoms with Gasteiger partial charge in [0.1, 0.15) is 5.82 Å². The highest BCUT2D eigenvalue weighted by molar-refractivity contribution is 6.00. The van der Waals surface area contributed by atoms with Crippen molar-refractivity contribution in [3.63, 3.8) is 0 Å². The lowest BCUT2D eigenvalue weighted by atomic mass is 9.96. The van der Waals surface area contributed by atoms with E-state index in [0.29, 0.717) is 28.9 Å². The van der Waals surface area contributed by atoms with E-state index >= 15 is 0 Å². The first kappa shape index (κ1) is 20.7. The van der Waals surface area contributed by atoms with Crippen LogP contribution in [0.2, 0.25) is 0 Å². The first-order chi connectivity index (χ1) is 14.5. The van der Waals surface area contributed by atoms with E-state index in [2.05, 4.69) is 6.07 Å². The number of carbonyl (C=O) groups is 2. The average Bonchev–Trinajstić information content (AvgIpc) is 2.79. The maximum absolute atomic E-state index is 13.1. The molecule has 0 bridgehead atoms. The summed E-state index contributed by atoms with van der Waals surface area (Å²) in [5, 5.41) is 9.36. The number of nitrogens with zero attached hydrogens (tertiary/aromatic N) is 2. The van der Waals surface area contributed by atoms with Gasteiger partial charge in [-0.05, 0) is 48.9 Å². The Morgan fingerprint density at radius 1 is 0.967 bits per heavy atom. The smallest absolute Gasteiger partial charge is 0.339 e. The summed E-state index contributed by atoms with van der Waals surface area (Å²) in [6.45, 7) is 1.66. The van der Waals surface area contributed by atoms with Crippen molar-refractivity contribution < 1.29 is 18.7 Å². The Balaban J connectivity index is 1.78. The number of benzene rings is 3. The summed E-state index contributed by atoms with van der Waals surface area (Å²) in [6.07, 6.45) is 0. The number of halogens is 1. The third kappa shape index (κ3) is 4.53. The van der Waals surface area contributed by atoms with E-state index in [0.717, 1.165) is 0 Å². The van der Waals surface area contributed by atoms with Crippen molar-refractivity contribution in [3.8, 4) is 17.2 Å². The predicted octanol–water partition coefficient (Wildman–Crippen LogP) is 4.57. The van der Waals surface area contributed by atoms with E-state index < -0.39 is 24.3 Å². The maximum atomic E-state index is 13.1. The zero-order chi connectivity index (χ0) is 21.5. The molecular formula is C24H19FN2O3. The molecule has 0 saturated carbocycles. The van der Waals surface area contributed by atoms with Gasteiger partial charge in [-0.3, -0.25) is 4.79 Å². The lowest BCUT2D eigenvalue weighted by molar-refractivity contribution is -0.121. The Morgan fingerprint density at radius 2 is 1.60 bits per heavy atom.